The van der Waals surface area contributed by atoms with E-state index in [1.165, 1.54) is 32.1 Å². The second-order valence-electron chi connectivity index (χ2n) is 9.28. The number of aryl methyl sites for hydroxylation is 1. The van der Waals surface area contributed by atoms with Crippen LogP contribution in [0.4, 0.5) is 0 Å². The molecule has 0 bridgehead atoms. The summed E-state index contributed by atoms with van der Waals surface area (Å²) >= 11 is 1.54. The predicted octanol–water partition coefficient (Wildman–Crippen LogP) is 0.980. The first-order valence-corrected chi connectivity index (χ1v) is 13.8. The molecular formula is C28H37LiN2O3S. The van der Waals surface area contributed by atoms with Crippen molar-refractivity contribution < 1.29 is 33.6 Å². The second kappa shape index (κ2) is 15.4. The number of hydrogen-bond donors (Lipinski definition) is 2. The van der Waals surface area contributed by atoms with Crippen LogP contribution < -0.4 is 34.6 Å². The zero-order chi connectivity index (χ0) is 24.3. The Kier molecular flexibility index (Phi) is 13.0. The van der Waals surface area contributed by atoms with Gasteiger partial charge in [0.05, 0.1) is 12.0 Å². The van der Waals surface area contributed by atoms with Crippen LogP contribution in [0, 0.1) is 12.8 Å². The molecule has 1 unspecified atom stereocenters. The van der Waals surface area contributed by atoms with Crippen LogP contribution in [0.1, 0.15) is 60.0 Å². The largest absolute Gasteiger partial charge is 1.00 e. The van der Waals surface area contributed by atoms with E-state index in [0.29, 0.717) is 17.7 Å². The van der Waals surface area contributed by atoms with Crippen LogP contribution in [0.25, 0.3) is 11.1 Å². The van der Waals surface area contributed by atoms with Crippen LogP contribution in [-0.4, -0.2) is 43.0 Å². The van der Waals surface area contributed by atoms with Crippen molar-refractivity contribution >= 4 is 23.6 Å². The molecule has 0 heterocycles. The van der Waals surface area contributed by atoms with E-state index in [2.05, 4.69) is 16.7 Å². The minimum absolute atomic E-state index is 0. The van der Waals surface area contributed by atoms with Crippen LogP contribution in [0.2, 0.25) is 0 Å². The van der Waals surface area contributed by atoms with Crippen molar-refractivity contribution in [2.75, 3.05) is 25.1 Å². The van der Waals surface area contributed by atoms with Crippen molar-refractivity contribution in [1.82, 2.24) is 10.6 Å². The van der Waals surface area contributed by atoms with E-state index in [4.69, 9.17) is 0 Å². The van der Waals surface area contributed by atoms with Crippen molar-refractivity contribution in [1.29, 1.82) is 0 Å². The molecule has 184 valence electrons. The summed E-state index contributed by atoms with van der Waals surface area (Å²) in [5.74, 6) is -0.197. The molecule has 1 amide bonds. The number of carbonyl (C=O) groups is 2. The van der Waals surface area contributed by atoms with Gasteiger partial charge in [-0.15, -0.1) is 0 Å². The van der Waals surface area contributed by atoms with Gasteiger partial charge in [-0.05, 0) is 91.9 Å². The Balaban J connectivity index is 0.00000432. The van der Waals surface area contributed by atoms with Crippen molar-refractivity contribution in [3.63, 3.8) is 0 Å². The minimum atomic E-state index is -1.25. The average Bonchev–Trinajstić information content (AvgIpc) is 2.85. The van der Waals surface area contributed by atoms with Crippen LogP contribution in [0.3, 0.4) is 0 Å². The SMILES string of the molecule is CSCCC(NC(=O)c1ccc(CCNCC2CCCCC2)cc1-c1ccccc1C)C(=O)[O-].[Li+]. The molecule has 35 heavy (non-hydrogen) atoms. The monoisotopic (exact) mass is 488 g/mol. The third-order valence-corrected chi connectivity index (χ3v) is 7.36. The quantitative estimate of drug-likeness (QED) is 0.344. The number of nitrogens with one attached hydrogen (secondary N) is 2. The number of carboxylic acids is 1. The number of aliphatic carboxylic acids is 1. The van der Waals surface area contributed by atoms with Gasteiger partial charge in [-0.3, -0.25) is 4.79 Å². The van der Waals surface area contributed by atoms with Gasteiger partial charge in [0.25, 0.3) is 5.91 Å². The molecule has 2 aromatic carbocycles. The summed E-state index contributed by atoms with van der Waals surface area (Å²) in [5, 5.41) is 17.8. The Bertz CT molecular complexity index is 963. The summed E-state index contributed by atoms with van der Waals surface area (Å²) in [6.45, 7) is 4.00. The van der Waals surface area contributed by atoms with Crippen molar-refractivity contribution in [2.24, 2.45) is 5.92 Å². The maximum absolute atomic E-state index is 13.2. The van der Waals surface area contributed by atoms with Crippen molar-refractivity contribution in [3.05, 3.63) is 59.2 Å². The Hall–Kier alpha value is -1.71. The van der Waals surface area contributed by atoms with Gasteiger partial charge >= 0.3 is 18.9 Å². The third-order valence-electron chi connectivity index (χ3n) is 6.71. The molecule has 0 aliphatic heterocycles. The molecule has 1 saturated carbocycles. The van der Waals surface area contributed by atoms with Gasteiger partial charge in [-0.25, -0.2) is 0 Å². The Labute approximate surface area is 226 Å². The number of carbonyl (C=O) groups excluding carboxylic acids is 2. The van der Waals surface area contributed by atoms with Crippen molar-refractivity contribution in [3.8, 4) is 11.1 Å². The normalized spacial score (nSPS) is 14.7. The zero-order valence-electron chi connectivity index (χ0n) is 21.4. The van der Waals surface area contributed by atoms with Gasteiger partial charge in [0, 0.05) is 5.56 Å². The number of carboxylic acid groups (broad SMARTS) is 1. The van der Waals surface area contributed by atoms with Crippen LogP contribution in [-0.2, 0) is 11.2 Å². The molecule has 2 N–H and O–H groups in total. The van der Waals surface area contributed by atoms with Gasteiger partial charge in [0.2, 0.25) is 0 Å². The molecule has 2 aromatic rings. The molecule has 1 atom stereocenters. The zero-order valence-corrected chi connectivity index (χ0v) is 22.2. The van der Waals surface area contributed by atoms with E-state index in [1.807, 2.05) is 49.6 Å². The number of amides is 1. The Morgan fingerprint density at radius 2 is 1.83 bits per heavy atom. The van der Waals surface area contributed by atoms with Crippen LogP contribution >= 0.6 is 11.8 Å². The van der Waals surface area contributed by atoms with E-state index in [0.717, 1.165) is 47.7 Å². The van der Waals surface area contributed by atoms with E-state index >= 15 is 0 Å². The topological polar surface area (TPSA) is 81.3 Å². The molecule has 0 spiro atoms. The molecule has 0 aromatic heterocycles. The first-order chi connectivity index (χ1) is 16.5. The smallest absolute Gasteiger partial charge is 0.548 e. The van der Waals surface area contributed by atoms with E-state index in [1.54, 1.807) is 11.8 Å². The van der Waals surface area contributed by atoms with E-state index in [9.17, 15) is 14.7 Å². The molecule has 1 aliphatic rings. The summed E-state index contributed by atoms with van der Waals surface area (Å²) in [7, 11) is 0. The molecule has 7 heteroatoms. The molecule has 1 fully saturated rings. The number of hydrogen-bond acceptors (Lipinski definition) is 5. The number of rotatable bonds is 12. The van der Waals surface area contributed by atoms with E-state index < -0.39 is 12.0 Å². The maximum Gasteiger partial charge on any atom is 1.00 e. The van der Waals surface area contributed by atoms with Gasteiger partial charge in [0.15, 0.2) is 0 Å². The Morgan fingerprint density at radius 3 is 2.51 bits per heavy atom. The average molecular weight is 489 g/mol. The standard InChI is InChI=1S/C28H38N2O3S.Li/c1-20-8-6-7-11-23(20)25-18-21(14-16-29-19-22-9-4-3-5-10-22)12-13-24(25)27(31)30-26(28(32)33)15-17-34-2;/h6-8,11-13,18,22,26,29H,3-5,9-10,14-17,19H2,1-2H3,(H,30,31)(H,32,33);/q;+1/p-1. The van der Waals surface area contributed by atoms with Gasteiger partial charge < -0.3 is 20.5 Å². The molecule has 1 aliphatic carbocycles. The molecular weight excluding hydrogens is 451 g/mol. The summed E-state index contributed by atoms with van der Waals surface area (Å²) in [6.07, 6.45) is 9.86. The van der Waals surface area contributed by atoms with E-state index in [-0.39, 0.29) is 24.8 Å². The summed E-state index contributed by atoms with van der Waals surface area (Å²) in [4.78, 5) is 24.7. The molecule has 0 radical (unpaired) electrons. The summed E-state index contributed by atoms with van der Waals surface area (Å²) in [5.41, 5.74) is 4.54. The Morgan fingerprint density at radius 1 is 1.09 bits per heavy atom. The number of thioether (sulfide) groups is 1. The summed E-state index contributed by atoms with van der Waals surface area (Å²) in [6, 6.07) is 12.9. The summed E-state index contributed by atoms with van der Waals surface area (Å²) < 4.78 is 0. The predicted molar refractivity (Wildman–Crippen MR) is 139 cm³/mol. The van der Waals surface area contributed by atoms with Gasteiger partial charge in [-0.1, -0.05) is 55.7 Å². The second-order valence-corrected chi connectivity index (χ2v) is 10.3. The fraction of sp³-hybridized carbons (Fsp3) is 0.500. The number of benzene rings is 2. The third kappa shape index (κ3) is 9.02. The van der Waals surface area contributed by atoms with Crippen LogP contribution in [0.15, 0.2) is 42.5 Å². The van der Waals surface area contributed by atoms with Crippen molar-refractivity contribution in [2.45, 2.75) is 57.9 Å². The van der Waals surface area contributed by atoms with Gasteiger partial charge in [0.1, 0.15) is 0 Å². The molecule has 0 saturated heterocycles. The fourth-order valence-corrected chi connectivity index (χ4v) is 5.17. The molecule has 3 rings (SSSR count). The van der Waals surface area contributed by atoms with Crippen LogP contribution in [0.5, 0.6) is 0 Å². The minimum Gasteiger partial charge on any atom is -0.548 e. The fourth-order valence-electron chi connectivity index (χ4n) is 4.69. The maximum atomic E-state index is 13.2. The molecule has 5 nitrogen and oxygen atoms in total. The van der Waals surface area contributed by atoms with Gasteiger partial charge in [-0.2, -0.15) is 11.8 Å². The first kappa shape index (κ1) is 29.5. The first-order valence-electron chi connectivity index (χ1n) is 12.4.